The number of carbonyl (C=O) groups excluding carboxylic acids is 1. The Bertz CT molecular complexity index is 429. The van der Waals surface area contributed by atoms with Crippen molar-refractivity contribution < 1.29 is 4.79 Å². The van der Waals surface area contributed by atoms with Crippen LogP contribution in [0.2, 0.25) is 0 Å². The molecule has 0 atom stereocenters. The number of carbonyl (C=O) groups is 1. The van der Waals surface area contributed by atoms with E-state index in [9.17, 15) is 4.79 Å². The summed E-state index contributed by atoms with van der Waals surface area (Å²) in [7, 11) is 0. The molecule has 0 aromatic carbocycles. The monoisotopic (exact) mass is 277 g/mol. The maximum atomic E-state index is 12.3. The Morgan fingerprint density at radius 2 is 1.80 bits per heavy atom. The molecule has 0 bridgehead atoms. The zero-order valence-corrected chi connectivity index (χ0v) is 11.9. The van der Waals surface area contributed by atoms with E-state index in [0.29, 0.717) is 11.8 Å². The number of amides is 1. The highest BCUT2D eigenvalue weighted by Crippen LogP contribution is 2.28. The third-order valence-electron chi connectivity index (χ3n) is 4.50. The number of aromatic nitrogens is 3. The summed E-state index contributed by atoms with van der Waals surface area (Å²) in [6, 6.07) is 0. The molecule has 110 valence electrons. The highest BCUT2D eigenvalue weighted by Gasteiger charge is 2.30. The quantitative estimate of drug-likeness (QED) is 0.809. The molecule has 1 aliphatic heterocycles. The molecule has 1 amide bonds. The Kier molecular flexibility index (Phi) is 4.30. The van der Waals surface area contributed by atoms with Crippen LogP contribution in [0, 0.1) is 5.92 Å². The second kappa shape index (κ2) is 6.35. The largest absolute Gasteiger partial charge is 0.341 e. The van der Waals surface area contributed by atoms with Crippen LogP contribution in [0.15, 0.2) is 12.7 Å². The van der Waals surface area contributed by atoms with E-state index in [4.69, 9.17) is 0 Å². The van der Waals surface area contributed by atoms with Crippen LogP contribution < -0.4 is 0 Å². The minimum Gasteiger partial charge on any atom is -0.341 e. The zero-order valence-electron chi connectivity index (χ0n) is 11.9. The lowest BCUT2D eigenvalue weighted by atomic mass is 9.84. The van der Waals surface area contributed by atoms with Gasteiger partial charge in [-0.05, 0) is 25.8 Å². The van der Waals surface area contributed by atoms with Gasteiger partial charge in [-0.25, -0.2) is 0 Å². The predicted molar refractivity (Wildman–Crippen MR) is 75.0 cm³/mol. The van der Waals surface area contributed by atoms with Gasteiger partial charge in [0, 0.05) is 38.6 Å². The van der Waals surface area contributed by atoms with Crippen LogP contribution in [-0.2, 0) is 11.3 Å². The van der Waals surface area contributed by atoms with Crippen LogP contribution in [0.25, 0.3) is 0 Å². The van der Waals surface area contributed by atoms with E-state index in [1.165, 1.54) is 6.42 Å². The van der Waals surface area contributed by atoms with Gasteiger partial charge in [-0.15, -0.1) is 10.2 Å². The molecule has 0 radical (unpaired) electrons. The molecule has 1 aromatic rings. The molecular weight excluding hydrogens is 254 g/mol. The van der Waals surface area contributed by atoms with Crippen molar-refractivity contribution in [1.29, 1.82) is 0 Å². The van der Waals surface area contributed by atoms with Crippen LogP contribution in [0.3, 0.4) is 0 Å². The van der Waals surface area contributed by atoms with Gasteiger partial charge in [-0.3, -0.25) is 9.69 Å². The maximum Gasteiger partial charge on any atom is 0.225 e. The highest BCUT2D eigenvalue weighted by atomic mass is 16.2. The lowest BCUT2D eigenvalue weighted by Crippen LogP contribution is -2.41. The summed E-state index contributed by atoms with van der Waals surface area (Å²) in [4.78, 5) is 16.8. The van der Waals surface area contributed by atoms with Crippen molar-refractivity contribution in [3.63, 3.8) is 0 Å². The minimum absolute atomic E-state index is 0.332. The van der Waals surface area contributed by atoms with E-state index in [0.717, 1.165) is 58.5 Å². The Labute approximate surface area is 119 Å². The minimum atomic E-state index is 0.332. The van der Waals surface area contributed by atoms with Crippen molar-refractivity contribution >= 4 is 5.91 Å². The molecule has 0 unspecified atom stereocenters. The van der Waals surface area contributed by atoms with Gasteiger partial charge in [0.2, 0.25) is 5.91 Å². The van der Waals surface area contributed by atoms with Gasteiger partial charge in [-0.2, -0.15) is 0 Å². The van der Waals surface area contributed by atoms with E-state index < -0.39 is 0 Å². The van der Waals surface area contributed by atoms with E-state index in [2.05, 4.69) is 20.0 Å². The van der Waals surface area contributed by atoms with Gasteiger partial charge in [0.15, 0.2) is 0 Å². The molecule has 2 fully saturated rings. The van der Waals surface area contributed by atoms with Gasteiger partial charge in [0.1, 0.15) is 12.7 Å². The number of hydrogen-bond acceptors (Lipinski definition) is 4. The van der Waals surface area contributed by atoms with Gasteiger partial charge in [-0.1, -0.05) is 6.42 Å². The summed E-state index contributed by atoms with van der Waals surface area (Å²) in [5, 5.41) is 7.63. The third kappa shape index (κ3) is 3.17. The standard InChI is InChI=1S/C14H23N5O/c20-14(13-3-1-4-13)19-6-2-5-17(9-10-19)7-8-18-11-15-16-12-18/h11-13H,1-10H2. The predicted octanol–water partition coefficient (Wildman–Crippen LogP) is 0.612. The first-order chi connectivity index (χ1) is 9.83. The number of nitrogens with zero attached hydrogens (tertiary/aromatic N) is 5. The second-order valence-corrected chi connectivity index (χ2v) is 5.85. The van der Waals surface area contributed by atoms with Crippen LogP contribution >= 0.6 is 0 Å². The average Bonchev–Trinajstić information content (AvgIpc) is 2.79. The Balaban J connectivity index is 1.45. The Hall–Kier alpha value is -1.43. The molecule has 20 heavy (non-hydrogen) atoms. The van der Waals surface area contributed by atoms with Crippen LogP contribution in [0.5, 0.6) is 0 Å². The molecule has 2 aliphatic rings. The van der Waals surface area contributed by atoms with E-state index >= 15 is 0 Å². The fraction of sp³-hybridized carbons (Fsp3) is 0.786. The zero-order chi connectivity index (χ0) is 13.8. The second-order valence-electron chi connectivity index (χ2n) is 5.85. The molecule has 0 spiro atoms. The highest BCUT2D eigenvalue weighted by molar-refractivity contribution is 5.79. The summed E-state index contributed by atoms with van der Waals surface area (Å²) in [5.41, 5.74) is 0. The molecular formula is C14H23N5O. The summed E-state index contributed by atoms with van der Waals surface area (Å²) >= 11 is 0. The van der Waals surface area contributed by atoms with Crippen molar-refractivity contribution in [3.8, 4) is 0 Å². The summed E-state index contributed by atoms with van der Waals surface area (Å²) in [6.45, 7) is 5.81. The molecule has 1 saturated heterocycles. The topological polar surface area (TPSA) is 54.3 Å². The smallest absolute Gasteiger partial charge is 0.225 e. The van der Waals surface area contributed by atoms with E-state index in [1.54, 1.807) is 12.7 Å². The van der Waals surface area contributed by atoms with E-state index in [-0.39, 0.29) is 0 Å². The molecule has 1 aliphatic carbocycles. The fourth-order valence-corrected chi connectivity index (χ4v) is 2.92. The molecule has 1 aromatic heterocycles. The Morgan fingerprint density at radius 1 is 1.00 bits per heavy atom. The molecule has 6 heteroatoms. The van der Waals surface area contributed by atoms with Crippen LogP contribution in [0.4, 0.5) is 0 Å². The van der Waals surface area contributed by atoms with Gasteiger partial charge < -0.3 is 9.47 Å². The van der Waals surface area contributed by atoms with Gasteiger partial charge >= 0.3 is 0 Å². The Morgan fingerprint density at radius 3 is 2.50 bits per heavy atom. The van der Waals surface area contributed by atoms with Crippen molar-refractivity contribution in [2.24, 2.45) is 5.92 Å². The number of hydrogen-bond donors (Lipinski definition) is 0. The molecule has 1 saturated carbocycles. The van der Waals surface area contributed by atoms with Gasteiger partial charge in [0.05, 0.1) is 0 Å². The van der Waals surface area contributed by atoms with Crippen LogP contribution in [-0.4, -0.2) is 63.2 Å². The lowest BCUT2D eigenvalue weighted by Gasteiger charge is -2.31. The van der Waals surface area contributed by atoms with E-state index in [1.807, 2.05) is 4.57 Å². The van der Waals surface area contributed by atoms with Crippen molar-refractivity contribution in [2.45, 2.75) is 32.2 Å². The van der Waals surface area contributed by atoms with Crippen molar-refractivity contribution in [2.75, 3.05) is 32.7 Å². The van der Waals surface area contributed by atoms with Crippen LogP contribution in [0.1, 0.15) is 25.7 Å². The van der Waals surface area contributed by atoms with Gasteiger partial charge in [0.25, 0.3) is 0 Å². The molecule has 6 nitrogen and oxygen atoms in total. The normalized spacial score (nSPS) is 21.5. The molecule has 0 N–H and O–H groups in total. The third-order valence-corrected chi connectivity index (χ3v) is 4.50. The van der Waals surface area contributed by atoms with Crippen molar-refractivity contribution in [3.05, 3.63) is 12.7 Å². The number of rotatable bonds is 4. The first kappa shape index (κ1) is 13.5. The summed E-state index contributed by atoms with van der Waals surface area (Å²) in [5.74, 6) is 0.732. The molecule has 3 rings (SSSR count). The fourth-order valence-electron chi connectivity index (χ4n) is 2.92. The average molecular weight is 277 g/mol. The summed E-state index contributed by atoms with van der Waals surface area (Å²) < 4.78 is 2.00. The SMILES string of the molecule is O=C(C1CCC1)N1CCCN(CCn2cnnc2)CC1. The van der Waals surface area contributed by atoms with Crippen molar-refractivity contribution in [1.82, 2.24) is 24.6 Å². The molecule has 2 heterocycles. The summed E-state index contributed by atoms with van der Waals surface area (Å²) in [6.07, 6.45) is 8.03. The first-order valence-corrected chi connectivity index (χ1v) is 7.66. The lowest BCUT2D eigenvalue weighted by molar-refractivity contribution is -0.138. The maximum absolute atomic E-state index is 12.3. The first-order valence-electron chi connectivity index (χ1n) is 7.66.